The van der Waals surface area contributed by atoms with Crippen LogP contribution in [0.15, 0.2) is 18.2 Å². The van der Waals surface area contributed by atoms with Gasteiger partial charge in [-0.05, 0) is 43.5 Å². The Morgan fingerprint density at radius 3 is 2.62 bits per heavy atom. The molecule has 0 aliphatic carbocycles. The van der Waals surface area contributed by atoms with Gasteiger partial charge in [0, 0.05) is 25.9 Å². The lowest BCUT2D eigenvalue weighted by molar-refractivity contribution is 0.194. The maximum Gasteiger partial charge on any atom is 0.121 e. The zero-order chi connectivity index (χ0) is 11.8. The highest BCUT2D eigenvalue weighted by Crippen LogP contribution is 2.21. The number of hydrogen-bond acceptors (Lipinski definition) is 3. The summed E-state index contributed by atoms with van der Waals surface area (Å²) in [7, 11) is 3.43. The number of benzene rings is 1. The fourth-order valence-electron chi connectivity index (χ4n) is 1.59. The van der Waals surface area contributed by atoms with E-state index in [0.29, 0.717) is 0 Å². The second kappa shape index (κ2) is 7.12. The van der Waals surface area contributed by atoms with E-state index < -0.39 is 0 Å². The number of rotatable bonds is 7. The molecule has 0 radical (unpaired) electrons. The minimum absolute atomic E-state index is 0.837. The van der Waals surface area contributed by atoms with Crippen molar-refractivity contribution < 1.29 is 9.47 Å². The van der Waals surface area contributed by atoms with E-state index in [4.69, 9.17) is 9.47 Å². The summed E-state index contributed by atoms with van der Waals surface area (Å²) < 4.78 is 10.2. The second-order valence-electron chi connectivity index (χ2n) is 3.81. The van der Waals surface area contributed by atoms with E-state index >= 15 is 0 Å². The van der Waals surface area contributed by atoms with Gasteiger partial charge in [-0.25, -0.2) is 0 Å². The lowest BCUT2D eigenvalue weighted by Crippen LogP contribution is -2.03. The van der Waals surface area contributed by atoms with E-state index in [2.05, 4.69) is 18.3 Å². The Hall–Kier alpha value is -1.22. The number of nitrogens with one attached hydrogen (secondary N) is 1. The quantitative estimate of drug-likeness (QED) is 0.721. The van der Waals surface area contributed by atoms with Gasteiger partial charge in [-0.2, -0.15) is 0 Å². The second-order valence-corrected chi connectivity index (χ2v) is 3.81. The van der Waals surface area contributed by atoms with Crippen LogP contribution in [0.5, 0.6) is 5.75 Å². The third kappa shape index (κ3) is 4.11. The van der Waals surface area contributed by atoms with E-state index in [-0.39, 0.29) is 0 Å². The van der Waals surface area contributed by atoms with Crippen LogP contribution in [0, 0.1) is 6.92 Å². The molecule has 0 fully saturated rings. The highest BCUT2D eigenvalue weighted by molar-refractivity contribution is 5.50. The van der Waals surface area contributed by atoms with Gasteiger partial charge in [0.05, 0.1) is 7.11 Å². The molecular formula is C13H21NO2. The SMILES string of the molecule is COCCCCNc1ccc(OC)c(C)c1. The molecule has 1 N–H and O–H groups in total. The number of anilines is 1. The third-order valence-corrected chi connectivity index (χ3v) is 2.50. The van der Waals surface area contributed by atoms with Crippen LogP contribution >= 0.6 is 0 Å². The van der Waals surface area contributed by atoms with Gasteiger partial charge in [0.25, 0.3) is 0 Å². The van der Waals surface area contributed by atoms with Gasteiger partial charge in [-0.3, -0.25) is 0 Å². The lowest BCUT2D eigenvalue weighted by atomic mass is 10.2. The number of aryl methyl sites for hydroxylation is 1. The summed E-state index contributed by atoms with van der Waals surface area (Å²) in [5.74, 6) is 0.935. The monoisotopic (exact) mass is 223 g/mol. The lowest BCUT2D eigenvalue weighted by Gasteiger charge is -2.09. The Bertz CT molecular complexity index is 313. The molecule has 1 rings (SSSR count). The molecule has 0 aliphatic heterocycles. The Kier molecular flexibility index (Phi) is 5.72. The van der Waals surface area contributed by atoms with Gasteiger partial charge in [0.15, 0.2) is 0 Å². The van der Waals surface area contributed by atoms with Crippen LogP contribution in [0.2, 0.25) is 0 Å². The summed E-state index contributed by atoms with van der Waals surface area (Å²) in [6.45, 7) is 3.87. The van der Waals surface area contributed by atoms with Crippen molar-refractivity contribution in [2.75, 3.05) is 32.7 Å². The van der Waals surface area contributed by atoms with Crippen LogP contribution < -0.4 is 10.1 Å². The number of unbranched alkanes of at least 4 members (excludes halogenated alkanes) is 1. The first-order valence-electron chi connectivity index (χ1n) is 5.65. The van der Waals surface area contributed by atoms with E-state index in [0.717, 1.165) is 43.0 Å². The first kappa shape index (κ1) is 12.8. The fourth-order valence-corrected chi connectivity index (χ4v) is 1.59. The standard InChI is InChI=1S/C13H21NO2/c1-11-10-12(6-7-13(11)16-3)14-8-4-5-9-15-2/h6-7,10,14H,4-5,8-9H2,1-3H3. The van der Waals surface area contributed by atoms with E-state index in [9.17, 15) is 0 Å². The molecule has 0 amide bonds. The van der Waals surface area contributed by atoms with E-state index in [1.807, 2.05) is 12.1 Å². The molecule has 3 heteroatoms. The molecule has 0 aromatic heterocycles. The van der Waals surface area contributed by atoms with Crippen LogP contribution in [-0.2, 0) is 4.74 Å². The zero-order valence-electron chi connectivity index (χ0n) is 10.4. The summed E-state index contributed by atoms with van der Waals surface area (Å²) >= 11 is 0. The number of hydrogen-bond donors (Lipinski definition) is 1. The van der Waals surface area contributed by atoms with Crippen molar-refractivity contribution in [2.45, 2.75) is 19.8 Å². The van der Waals surface area contributed by atoms with Crippen molar-refractivity contribution in [3.05, 3.63) is 23.8 Å². The maximum atomic E-state index is 5.21. The molecular weight excluding hydrogens is 202 g/mol. The van der Waals surface area contributed by atoms with Gasteiger partial charge in [-0.1, -0.05) is 0 Å². The predicted molar refractivity (Wildman–Crippen MR) is 67.3 cm³/mol. The molecule has 0 spiro atoms. The Morgan fingerprint density at radius 1 is 1.19 bits per heavy atom. The molecule has 90 valence electrons. The minimum Gasteiger partial charge on any atom is -0.496 e. The molecule has 0 saturated carbocycles. The highest BCUT2D eigenvalue weighted by atomic mass is 16.5. The fraction of sp³-hybridized carbons (Fsp3) is 0.538. The van der Waals surface area contributed by atoms with Crippen molar-refractivity contribution in [3.8, 4) is 5.75 Å². The van der Waals surface area contributed by atoms with E-state index in [1.165, 1.54) is 0 Å². The average Bonchev–Trinajstić information content (AvgIpc) is 2.29. The Balaban J connectivity index is 2.34. The van der Waals surface area contributed by atoms with E-state index in [1.54, 1.807) is 14.2 Å². The summed E-state index contributed by atoms with van der Waals surface area (Å²) in [6.07, 6.45) is 2.22. The minimum atomic E-state index is 0.837. The van der Waals surface area contributed by atoms with Gasteiger partial charge in [-0.15, -0.1) is 0 Å². The summed E-state index contributed by atoms with van der Waals surface area (Å²) in [4.78, 5) is 0. The smallest absolute Gasteiger partial charge is 0.121 e. The third-order valence-electron chi connectivity index (χ3n) is 2.50. The molecule has 0 heterocycles. The summed E-state index contributed by atoms with van der Waals surface area (Å²) in [5.41, 5.74) is 2.31. The topological polar surface area (TPSA) is 30.5 Å². The summed E-state index contributed by atoms with van der Waals surface area (Å²) in [5, 5.41) is 3.38. The van der Waals surface area contributed by atoms with Crippen LogP contribution in [0.4, 0.5) is 5.69 Å². The van der Waals surface area contributed by atoms with Crippen molar-refractivity contribution in [3.63, 3.8) is 0 Å². The molecule has 1 aromatic rings. The highest BCUT2D eigenvalue weighted by Gasteiger charge is 1.98. The molecule has 0 bridgehead atoms. The van der Waals surface area contributed by atoms with Crippen LogP contribution in [0.25, 0.3) is 0 Å². The van der Waals surface area contributed by atoms with Crippen LogP contribution in [0.1, 0.15) is 18.4 Å². The first-order valence-corrected chi connectivity index (χ1v) is 5.65. The molecule has 0 aliphatic rings. The van der Waals surface area contributed by atoms with Crippen molar-refractivity contribution >= 4 is 5.69 Å². The first-order chi connectivity index (χ1) is 7.77. The molecule has 0 unspecified atom stereocenters. The normalized spacial score (nSPS) is 10.2. The molecule has 0 atom stereocenters. The van der Waals surface area contributed by atoms with Crippen LogP contribution in [-0.4, -0.2) is 27.4 Å². The molecule has 0 saturated heterocycles. The molecule has 16 heavy (non-hydrogen) atoms. The molecule has 3 nitrogen and oxygen atoms in total. The predicted octanol–water partition coefficient (Wildman–Crippen LogP) is 2.84. The van der Waals surface area contributed by atoms with Gasteiger partial charge >= 0.3 is 0 Å². The number of ether oxygens (including phenoxy) is 2. The summed E-state index contributed by atoms with van der Waals surface area (Å²) in [6, 6.07) is 6.14. The molecule has 1 aromatic carbocycles. The van der Waals surface area contributed by atoms with Crippen molar-refractivity contribution in [1.29, 1.82) is 0 Å². The zero-order valence-corrected chi connectivity index (χ0v) is 10.4. The van der Waals surface area contributed by atoms with Crippen molar-refractivity contribution in [2.24, 2.45) is 0 Å². The maximum absolute atomic E-state index is 5.21. The Labute approximate surface area is 97.8 Å². The van der Waals surface area contributed by atoms with Gasteiger partial charge < -0.3 is 14.8 Å². The van der Waals surface area contributed by atoms with Gasteiger partial charge in [0.2, 0.25) is 0 Å². The van der Waals surface area contributed by atoms with Crippen LogP contribution in [0.3, 0.4) is 0 Å². The Morgan fingerprint density at radius 2 is 2.00 bits per heavy atom. The van der Waals surface area contributed by atoms with Gasteiger partial charge in [0.1, 0.15) is 5.75 Å². The number of methoxy groups -OCH3 is 2. The van der Waals surface area contributed by atoms with Crippen molar-refractivity contribution in [1.82, 2.24) is 0 Å². The average molecular weight is 223 g/mol. The largest absolute Gasteiger partial charge is 0.496 e.